The Morgan fingerprint density at radius 2 is 1.97 bits per heavy atom. The van der Waals surface area contributed by atoms with E-state index in [4.69, 9.17) is 26.2 Å². The molecule has 0 spiro atoms. The van der Waals surface area contributed by atoms with Crippen molar-refractivity contribution in [1.82, 2.24) is 9.55 Å². The molecule has 1 fully saturated rings. The van der Waals surface area contributed by atoms with Crippen LogP contribution in [0.25, 0.3) is 0 Å². The Morgan fingerprint density at radius 1 is 1.27 bits per heavy atom. The number of hydrogen-bond donors (Lipinski definition) is 4. The number of primary sulfonamides is 1. The Hall–Kier alpha value is -2.55. The zero-order valence-electron chi connectivity index (χ0n) is 15.0. The highest BCUT2D eigenvalue weighted by atomic mass is 35.5. The van der Waals surface area contributed by atoms with E-state index in [1.165, 1.54) is 6.07 Å². The van der Waals surface area contributed by atoms with Gasteiger partial charge in [-0.1, -0.05) is 11.6 Å². The first kappa shape index (κ1) is 22.1. The molecule has 0 aliphatic carbocycles. The van der Waals surface area contributed by atoms with Crippen molar-refractivity contribution in [2.24, 2.45) is 5.14 Å². The second-order valence-corrected chi connectivity index (χ2v) is 8.29. The second kappa shape index (κ2) is 8.29. The molecule has 2 heterocycles. The molecule has 162 valence electrons. The molecule has 0 bridgehead atoms. The van der Waals surface area contributed by atoms with E-state index in [0.29, 0.717) is 0 Å². The Morgan fingerprint density at radius 3 is 2.60 bits per heavy atom. The summed E-state index contributed by atoms with van der Waals surface area (Å²) in [4.78, 5) is 36.8. The number of aliphatic hydroxyl groups excluding tert-OH is 2. The Kier molecular flexibility index (Phi) is 6.12. The van der Waals surface area contributed by atoms with Crippen LogP contribution in [0.1, 0.15) is 16.6 Å². The summed E-state index contributed by atoms with van der Waals surface area (Å²) in [6, 6.07) is 4.33. The number of carbonyl (C=O) groups excluding carboxylic acids is 1. The van der Waals surface area contributed by atoms with Crippen LogP contribution in [-0.4, -0.2) is 59.1 Å². The summed E-state index contributed by atoms with van der Waals surface area (Å²) in [5, 5.41) is 25.1. The number of aromatic nitrogens is 2. The molecular weight excluding hydrogens is 446 g/mol. The number of aromatic amines is 1. The molecule has 2 aromatic rings. The first-order chi connectivity index (χ1) is 14.0. The van der Waals surface area contributed by atoms with Gasteiger partial charge in [-0.15, -0.1) is 0 Å². The van der Waals surface area contributed by atoms with Crippen LogP contribution in [0.4, 0.5) is 0 Å². The van der Waals surface area contributed by atoms with Crippen LogP contribution in [0.15, 0.2) is 44.9 Å². The molecule has 1 saturated heterocycles. The van der Waals surface area contributed by atoms with E-state index in [9.17, 15) is 33.0 Å². The quantitative estimate of drug-likeness (QED) is 0.376. The topological polar surface area (TPSA) is 191 Å². The minimum Gasteiger partial charge on any atom is -0.459 e. The predicted octanol–water partition coefficient (Wildman–Crippen LogP) is -1.69. The van der Waals surface area contributed by atoms with Gasteiger partial charge >= 0.3 is 11.7 Å². The molecular formula is C16H16ClN3O9S. The maximum Gasteiger partial charge on any atom is 0.338 e. The van der Waals surface area contributed by atoms with E-state index in [2.05, 4.69) is 0 Å². The first-order valence-corrected chi connectivity index (χ1v) is 10.2. The van der Waals surface area contributed by atoms with E-state index < -0.39 is 63.3 Å². The number of benzene rings is 1. The molecule has 0 radical (unpaired) electrons. The van der Waals surface area contributed by atoms with Crippen LogP contribution < -0.4 is 16.4 Å². The minimum absolute atomic E-state index is 0.176. The van der Waals surface area contributed by atoms with Crippen LogP contribution in [0.5, 0.6) is 0 Å². The molecule has 30 heavy (non-hydrogen) atoms. The Bertz CT molecular complexity index is 1190. The molecule has 1 aliphatic heterocycles. The van der Waals surface area contributed by atoms with E-state index in [1.54, 1.807) is 0 Å². The molecule has 0 unspecified atom stereocenters. The van der Waals surface area contributed by atoms with E-state index in [-0.39, 0.29) is 10.6 Å². The van der Waals surface area contributed by atoms with Crippen molar-refractivity contribution < 1.29 is 32.9 Å². The normalized spacial score (nSPS) is 24.0. The van der Waals surface area contributed by atoms with Crippen LogP contribution in [0.3, 0.4) is 0 Å². The van der Waals surface area contributed by atoms with Gasteiger partial charge in [0.15, 0.2) is 6.23 Å². The second-order valence-electron chi connectivity index (χ2n) is 6.35. The molecule has 1 aromatic carbocycles. The van der Waals surface area contributed by atoms with Crippen molar-refractivity contribution in [2.75, 3.05) is 6.61 Å². The van der Waals surface area contributed by atoms with E-state index in [0.717, 1.165) is 29.0 Å². The summed E-state index contributed by atoms with van der Waals surface area (Å²) >= 11 is 5.76. The zero-order chi connectivity index (χ0) is 22.2. The monoisotopic (exact) mass is 461 g/mol. The molecule has 0 amide bonds. The van der Waals surface area contributed by atoms with Gasteiger partial charge in [0.05, 0.1) is 10.6 Å². The van der Waals surface area contributed by atoms with Gasteiger partial charge in [0.25, 0.3) is 5.56 Å². The van der Waals surface area contributed by atoms with Crippen molar-refractivity contribution in [3.63, 3.8) is 0 Å². The summed E-state index contributed by atoms with van der Waals surface area (Å²) in [7, 11) is -4.18. The fourth-order valence-electron chi connectivity index (χ4n) is 2.81. The molecule has 14 heteroatoms. The van der Waals surface area contributed by atoms with E-state index in [1.807, 2.05) is 4.98 Å². The van der Waals surface area contributed by atoms with Crippen molar-refractivity contribution in [3.8, 4) is 0 Å². The third-order valence-electron chi connectivity index (χ3n) is 4.31. The molecule has 12 nitrogen and oxygen atoms in total. The lowest BCUT2D eigenvalue weighted by atomic mass is 10.1. The lowest BCUT2D eigenvalue weighted by molar-refractivity contribution is -0.0599. The van der Waals surface area contributed by atoms with Gasteiger partial charge in [0.2, 0.25) is 10.0 Å². The van der Waals surface area contributed by atoms with Crippen molar-refractivity contribution in [2.45, 2.75) is 29.4 Å². The van der Waals surface area contributed by atoms with Crippen molar-refractivity contribution in [1.29, 1.82) is 0 Å². The molecule has 5 N–H and O–H groups in total. The predicted molar refractivity (Wildman–Crippen MR) is 100 cm³/mol. The van der Waals surface area contributed by atoms with Crippen LogP contribution >= 0.6 is 11.6 Å². The summed E-state index contributed by atoms with van der Waals surface area (Å²) in [5.74, 6) is -0.966. The smallest absolute Gasteiger partial charge is 0.338 e. The molecule has 3 rings (SSSR count). The van der Waals surface area contributed by atoms with Gasteiger partial charge in [0, 0.05) is 12.3 Å². The van der Waals surface area contributed by atoms with E-state index >= 15 is 0 Å². The fourth-order valence-corrected chi connectivity index (χ4v) is 3.89. The molecule has 1 aliphatic rings. The number of halogens is 1. The number of aliphatic hydroxyl groups is 2. The SMILES string of the molecule is NS(=O)(=O)c1cc(C(=O)OC[C@H]2O[C@@H](n3ccc(=O)[nH]c3=O)[C@H](O)[C@@H]2O)ccc1Cl. The van der Waals surface area contributed by atoms with Gasteiger partial charge in [-0.25, -0.2) is 23.1 Å². The van der Waals surface area contributed by atoms with Gasteiger partial charge in [-0.05, 0) is 18.2 Å². The summed E-state index contributed by atoms with van der Waals surface area (Å²) in [6.07, 6.45) is -4.54. The van der Waals surface area contributed by atoms with Gasteiger partial charge < -0.3 is 19.7 Å². The Labute approximate surface area is 173 Å². The molecule has 0 saturated carbocycles. The third kappa shape index (κ3) is 4.45. The third-order valence-corrected chi connectivity index (χ3v) is 5.71. The number of ether oxygens (including phenoxy) is 2. The van der Waals surface area contributed by atoms with Crippen molar-refractivity contribution in [3.05, 3.63) is 61.9 Å². The summed E-state index contributed by atoms with van der Waals surface area (Å²) in [6.45, 7) is -0.529. The number of nitrogens with one attached hydrogen (secondary N) is 1. The van der Waals surface area contributed by atoms with Crippen LogP contribution in [0, 0.1) is 0 Å². The molecule has 1 aromatic heterocycles. The van der Waals surface area contributed by atoms with Gasteiger partial charge in [-0.2, -0.15) is 0 Å². The number of nitrogens with two attached hydrogens (primary N) is 1. The molecule has 4 atom stereocenters. The number of esters is 1. The summed E-state index contributed by atoms with van der Waals surface area (Å²) < 4.78 is 34.3. The lowest BCUT2D eigenvalue weighted by Crippen LogP contribution is -2.37. The lowest BCUT2D eigenvalue weighted by Gasteiger charge is -2.16. The zero-order valence-corrected chi connectivity index (χ0v) is 16.5. The largest absolute Gasteiger partial charge is 0.459 e. The van der Waals surface area contributed by atoms with Crippen molar-refractivity contribution >= 4 is 27.6 Å². The number of H-pyrrole nitrogens is 1. The fraction of sp³-hybridized carbons (Fsp3) is 0.312. The average Bonchev–Trinajstić information content (AvgIpc) is 2.94. The maximum atomic E-state index is 12.2. The number of hydrogen-bond acceptors (Lipinski definition) is 9. The average molecular weight is 462 g/mol. The number of carbonyl (C=O) groups is 1. The van der Waals surface area contributed by atoms with Crippen LogP contribution in [-0.2, 0) is 19.5 Å². The highest BCUT2D eigenvalue weighted by Gasteiger charge is 2.44. The number of nitrogens with zero attached hydrogens (tertiary/aromatic N) is 1. The summed E-state index contributed by atoms with van der Waals surface area (Å²) in [5.41, 5.74) is -1.70. The van der Waals surface area contributed by atoms with Gasteiger partial charge in [0.1, 0.15) is 29.8 Å². The standard InChI is InChI=1S/C16H16ClN3O9S/c17-8-2-1-7(5-10(8)30(18,26)27)15(24)28-6-9-12(22)13(23)14(29-9)20-4-3-11(21)19-16(20)25/h1-5,9,12-14,22-23H,6H2,(H2,18,26,27)(H,19,21,25)/t9-,12-,13-,14-/m1/s1. The Balaban J connectivity index is 1.72. The first-order valence-electron chi connectivity index (χ1n) is 8.31. The number of sulfonamides is 1. The minimum atomic E-state index is -4.18. The number of rotatable bonds is 5. The van der Waals surface area contributed by atoms with Crippen LogP contribution in [0.2, 0.25) is 5.02 Å². The van der Waals surface area contributed by atoms with Gasteiger partial charge in [-0.3, -0.25) is 14.3 Å². The highest BCUT2D eigenvalue weighted by molar-refractivity contribution is 7.89. The highest BCUT2D eigenvalue weighted by Crippen LogP contribution is 2.29. The maximum absolute atomic E-state index is 12.2.